The SMILES string of the molecule is CCCS(=O)(=O)N1CCc2ncc(CN(C)C)n2CC1. The topological polar surface area (TPSA) is 58.4 Å². The lowest BCUT2D eigenvalue weighted by molar-refractivity contribution is 0.379. The molecule has 0 aromatic carbocycles. The molecule has 6 nitrogen and oxygen atoms in total. The molecule has 0 N–H and O–H groups in total. The molecule has 1 aromatic heterocycles. The standard InChI is InChI=1S/C13H24N4O2S/c1-4-9-20(18,19)16-6-5-13-14-10-12(11-15(2)3)17(13)8-7-16/h10H,4-9,11H2,1-3H3. The van der Waals surface area contributed by atoms with Gasteiger partial charge in [0.2, 0.25) is 10.0 Å². The van der Waals surface area contributed by atoms with Crippen molar-refractivity contribution < 1.29 is 8.42 Å². The van der Waals surface area contributed by atoms with Crippen LogP contribution in [0.1, 0.15) is 24.9 Å². The van der Waals surface area contributed by atoms with E-state index >= 15 is 0 Å². The summed E-state index contributed by atoms with van der Waals surface area (Å²) in [5.74, 6) is 1.23. The minimum absolute atomic E-state index is 0.236. The summed E-state index contributed by atoms with van der Waals surface area (Å²) in [5.41, 5.74) is 1.15. The minimum atomic E-state index is -3.11. The van der Waals surface area contributed by atoms with Gasteiger partial charge in [-0.2, -0.15) is 4.31 Å². The normalized spacial score (nSPS) is 17.2. The third-order valence-corrected chi connectivity index (χ3v) is 5.59. The zero-order valence-electron chi connectivity index (χ0n) is 12.5. The van der Waals surface area contributed by atoms with Crippen molar-refractivity contribution in [2.75, 3.05) is 32.9 Å². The van der Waals surface area contributed by atoms with Gasteiger partial charge in [0.25, 0.3) is 0 Å². The second-order valence-corrected chi connectivity index (χ2v) is 7.61. The molecular formula is C13H24N4O2S. The van der Waals surface area contributed by atoms with Crippen molar-refractivity contribution in [1.29, 1.82) is 0 Å². The maximum atomic E-state index is 12.2. The van der Waals surface area contributed by atoms with Crippen molar-refractivity contribution >= 4 is 10.0 Å². The third kappa shape index (κ3) is 3.39. The summed E-state index contributed by atoms with van der Waals surface area (Å²) in [6, 6.07) is 0. The molecule has 114 valence electrons. The first kappa shape index (κ1) is 15.5. The molecule has 1 aromatic rings. The fourth-order valence-corrected chi connectivity index (χ4v) is 4.09. The number of imidazole rings is 1. The van der Waals surface area contributed by atoms with Crippen LogP contribution in [0.4, 0.5) is 0 Å². The fraction of sp³-hybridized carbons (Fsp3) is 0.769. The zero-order valence-corrected chi connectivity index (χ0v) is 13.4. The lowest BCUT2D eigenvalue weighted by Gasteiger charge is -2.19. The lowest BCUT2D eigenvalue weighted by atomic mass is 10.4. The highest BCUT2D eigenvalue weighted by Crippen LogP contribution is 2.15. The predicted molar refractivity (Wildman–Crippen MR) is 79.0 cm³/mol. The van der Waals surface area contributed by atoms with Gasteiger partial charge >= 0.3 is 0 Å². The predicted octanol–water partition coefficient (Wildman–Crippen LogP) is 0.543. The summed E-state index contributed by atoms with van der Waals surface area (Å²) < 4.78 is 28.1. The van der Waals surface area contributed by atoms with E-state index in [1.54, 1.807) is 4.31 Å². The van der Waals surface area contributed by atoms with Crippen molar-refractivity contribution in [2.45, 2.75) is 32.9 Å². The van der Waals surface area contributed by atoms with Gasteiger partial charge in [-0.1, -0.05) is 6.92 Å². The molecule has 0 spiro atoms. The molecule has 0 aliphatic carbocycles. The van der Waals surface area contributed by atoms with E-state index in [9.17, 15) is 8.42 Å². The summed E-state index contributed by atoms with van der Waals surface area (Å²) in [5, 5.41) is 0. The first-order valence-electron chi connectivity index (χ1n) is 7.10. The van der Waals surface area contributed by atoms with E-state index in [-0.39, 0.29) is 5.75 Å². The second kappa shape index (κ2) is 6.24. The molecule has 2 heterocycles. The molecule has 1 aliphatic rings. The Morgan fingerprint density at radius 1 is 1.30 bits per heavy atom. The number of fused-ring (bicyclic) bond motifs is 1. The molecule has 0 saturated heterocycles. The highest BCUT2D eigenvalue weighted by molar-refractivity contribution is 7.89. The van der Waals surface area contributed by atoms with Gasteiger partial charge < -0.3 is 9.47 Å². The van der Waals surface area contributed by atoms with Crippen molar-refractivity contribution in [1.82, 2.24) is 18.8 Å². The Hall–Kier alpha value is -0.920. The molecule has 0 amide bonds. The number of sulfonamides is 1. The van der Waals surface area contributed by atoms with Gasteiger partial charge in [-0.3, -0.25) is 0 Å². The van der Waals surface area contributed by atoms with Gasteiger partial charge in [0.15, 0.2) is 0 Å². The Morgan fingerprint density at radius 3 is 2.70 bits per heavy atom. The molecule has 0 atom stereocenters. The summed E-state index contributed by atoms with van der Waals surface area (Å²) in [6.07, 6.45) is 3.26. The average Bonchev–Trinajstić information content (AvgIpc) is 2.59. The van der Waals surface area contributed by atoms with Crippen LogP contribution in [0.25, 0.3) is 0 Å². The van der Waals surface area contributed by atoms with Crippen molar-refractivity contribution in [3.8, 4) is 0 Å². The molecule has 7 heteroatoms. The van der Waals surface area contributed by atoms with Crippen LogP contribution in [0.2, 0.25) is 0 Å². The van der Waals surface area contributed by atoms with Crippen molar-refractivity contribution in [2.24, 2.45) is 0 Å². The molecule has 1 aliphatic heterocycles. The van der Waals surface area contributed by atoms with Gasteiger partial charge in [0.05, 0.1) is 11.4 Å². The van der Waals surface area contributed by atoms with E-state index in [1.165, 1.54) is 0 Å². The number of aromatic nitrogens is 2. The number of hydrogen-bond donors (Lipinski definition) is 0. The largest absolute Gasteiger partial charge is 0.329 e. The Balaban J connectivity index is 2.13. The van der Waals surface area contributed by atoms with Gasteiger partial charge in [0.1, 0.15) is 5.82 Å². The summed E-state index contributed by atoms with van der Waals surface area (Å²) in [6.45, 7) is 4.51. The molecule has 0 bridgehead atoms. The summed E-state index contributed by atoms with van der Waals surface area (Å²) >= 11 is 0. The van der Waals surface area contributed by atoms with Crippen LogP contribution in [-0.2, 0) is 29.5 Å². The first-order chi connectivity index (χ1) is 9.44. The molecule has 0 fully saturated rings. The van der Waals surface area contributed by atoms with Gasteiger partial charge in [-0.05, 0) is 20.5 Å². The van der Waals surface area contributed by atoms with Crippen LogP contribution in [0.15, 0.2) is 6.20 Å². The van der Waals surface area contributed by atoms with Crippen LogP contribution in [0.3, 0.4) is 0 Å². The van der Waals surface area contributed by atoms with Gasteiger partial charge in [-0.25, -0.2) is 13.4 Å². The van der Waals surface area contributed by atoms with E-state index in [0.717, 1.165) is 18.1 Å². The summed E-state index contributed by atoms with van der Waals surface area (Å²) in [7, 11) is 0.939. The number of rotatable bonds is 5. The Morgan fingerprint density at radius 2 is 2.05 bits per heavy atom. The average molecular weight is 300 g/mol. The maximum absolute atomic E-state index is 12.2. The first-order valence-corrected chi connectivity index (χ1v) is 8.70. The minimum Gasteiger partial charge on any atom is -0.329 e. The monoisotopic (exact) mass is 300 g/mol. The van der Waals surface area contributed by atoms with Crippen LogP contribution < -0.4 is 0 Å². The molecule has 0 unspecified atom stereocenters. The van der Waals surface area contributed by atoms with E-state index < -0.39 is 10.0 Å². The van der Waals surface area contributed by atoms with E-state index in [1.807, 2.05) is 27.2 Å². The molecule has 0 radical (unpaired) electrons. The highest BCUT2D eigenvalue weighted by Gasteiger charge is 2.25. The fourth-order valence-electron chi connectivity index (χ4n) is 2.59. The quantitative estimate of drug-likeness (QED) is 0.796. The zero-order chi connectivity index (χ0) is 14.8. The lowest BCUT2D eigenvalue weighted by Crippen LogP contribution is -2.35. The van der Waals surface area contributed by atoms with Crippen LogP contribution in [0.5, 0.6) is 0 Å². The summed E-state index contributed by atoms with van der Waals surface area (Å²) in [4.78, 5) is 6.55. The number of nitrogens with zero attached hydrogens (tertiary/aromatic N) is 4. The van der Waals surface area contributed by atoms with Crippen LogP contribution in [0, 0.1) is 0 Å². The highest BCUT2D eigenvalue weighted by atomic mass is 32.2. The maximum Gasteiger partial charge on any atom is 0.214 e. The van der Waals surface area contributed by atoms with Gasteiger partial charge in [-0.15, -0.1) is 0 Å². The van der Waals surface area contributed by atoms with E-state index in [4.69, 9.17) is 0 Å². The van der Waals surface area contributed by atoms with Crippen LogP contribution >= 0.6 is 0 Å². The van der Waals surface area contributed by atoms with E-state index in [2.05, 4.69) is 14.5 Å². The Labute approximate surface area is 121 Å². The molecule has 2 rings (SSSR count). The van der Waals surface area contributed by atoms with Crippen molar-refractivity contribution in [3.05, 3.63) is 17.7 Å². The second-order valence-electron chi connectivity index (χ2n) is 5.52. The third-order valence-electron chi connectivity index (χ3n) is 3.51. The number of hydrogen-bond acceptors (Lipinski definition) is 4. The van der Waals surface area contributed by atoms with Gasteiger partial charge in [0, 0.05) is 38.8 Å². The Kier molecular flexibility index (Phi) is 4.82. The van der Waals surface area contributed by atoms with Crippen molar-refractivity contribution in [3.63, 3.8) is 0 Å². The molecule has 20 heavy (non-hydrogen) atoms. The smallest absolute Gasteiger partial charge is 0.214 e. The van der Waals surface area contributed by atoms with E-state index in [0.29, 0.717) is 32.5 Å². The van der Waals surface area contributed by atoms with Crippen LogP contribution in [-0.4, -0.2) is 60.1 Å². The molecular weight excluding hydrogens is 276 g/mol. The molecule has 0 saturated carbocycles. The Bertz CT molecular complexity index is 551.